The number of guanidine groups is 1. The van der Waals surface area contributed by atoms with Crippen LogP contribution in [0.4, 0.5) is 5.69 Å². The van der Waals surface area contributed by atoms with Gasteiger partial charge in [0.15, 0.2) is 5.96 Å². The predicted octanol–water partition coefficient (Wildman–Crippen LogP) is 2.79. The van der Waals surface area contributed by atoms with E-state index in [1.165, 1.54) is 18.6 Å². The standard InChI is InChI=1S/C20H30N4O2S/c1-3-21-19(23-14-20(2)9-4-12-27-20)22-10-11-26-16-6-7-17-15(13-16)5-8-18(25)24-17/h6-7,13H,3-5,8-12,14H2,1-2H3,(H,24,25)(H2,21,22,23). The van der Waals surface area contributed by atoms with Gasteiger partial charge >= 0.3 is 0 Å². The molecule has 1 fully saturated rings. The summed E-state index contributed by atoms with van der Waals surface area (Å²) >= 11 is 2.03. The molecular formula is C20H30N4O2S. The first-order valence-corrected chi connectivity index (χ1v) is 10.8. The molecular weight excluding hydrogens is 360 g/mol. The average molecular weight is 391 g/mol. The fourth-order valence-electron chi connectivity index (χ4n) is 3.34. The summed E-state index contributed by atoms with van der Waals surface area (Å²) in [7, 11) is 0. The second-order valence-electron chi connectivity index (χ2n) is 7.24. The lowest BCUT2D eigenvalue weighted by Crippen LogP contribution is -2.40. The molecule has 0 saturated carbocycles. The molecule has 148 valence electrons. The van der Waals surface area contributed by atoms with Crippen LogP contribution in [0.3, 0.4) is 0 Å². The number of aryl methyl sites for hydroxylation is 1. The fraction of sp³-hybridized carbons (Fsp3) is 0.600. The Balaban J connectivity index is 1.45. The molecule has 1 aromatic carbocycles. The lowest BCUT2D eigenvalue weighted by Gasteiger charge is -2.21. The second-order valence-corrected chi connectivity index (χ2v) is 8.92. The largest absolute Gasteiger partial charge is 0.492 e. The van der Waals surface area contributed by atoms with E-state index in [2.05, 4.69) is 29.8 Å². The van der Waals surface area contributed by atoms with Crippen LogP contribution in [0, 0.1) is 0 Å². The van der Waals surface area contributed by atoms with E-state index in [0.717, 1.165) is 42.5 Å². The summed E-state index contributed by atoms with van der Waals surface area (Å²) in [4.78, 5) is 16.2. The number of amides is 1. The zero-order valence-corrected chi connectivity index (χ0v) is 17.1. The molecule has 0 bridgehead atoms. The van der Waals surface area contributed by atoms with Crippen molar-refractivity contribution in [2.45, 2.75) is 44.3 Å². The Bertz CT molecular complexity index is 687. The third-order valence-corrected chi connectivity index (χ3v) is 6.37. The van der Waals surface area contributed by atoms with Gasteiger partial charge in [0.2, 0.25) is 5.91 Å². The molecule has 1 amide bonds. The van der Waals surface area contributed by atoms with Gasteiger partial charge < -0.3 is 20.7 Å². The number of nitrogens with one attached hydrogen (secondary N) is 3. The summed E-state index contributed by atoms with van der Waals surface area (Å²) < 4.78 is 6.14. The highest BCUT2D eigenvalue weighted by Gasteiger charge is 2.29. The van der Waals surface area contributed by atoms with Gasteiger partial charge in [0.25, 0.3) is 0 Å². The second kappa shape index (κ2) is 9.35. The van der Waals surface area contributed by atoms with E-state index in [-0.39, 0.29) is 10.7 Å². The molecule has 2 aliphatic rings. The highest BCUT2D eigenvalue weighted by Crippen LogP contribution is 2.37. The van der Waals surface area contributed by atoms with Crippen LogP contribution in [0.5, 0.6) is 5.75 Å². The van der Waals surface area contributed by atoms with Crippen LogP contribution < -0.4 is 20.7 Å². The minimum Gasteiger partial charge on any atom is -0.492 e. The van der Waals surface area contributed by atoms with Crippen molar-refractivity contribution in [1.29, 1.82) is 0 Å². The van der Waals surface area contributed by atoms with Crippen molar-refractivity contribution < 1.29 is 9.53 Å². The van der Waals surface area contributed by atoms with E-state index in [9.17, 15) is 4.79 Å². The van der Waals surface area contributed by atoms with Gasteiger partial charge in [-0.25, -0.2) is 0 Å². The van der Waals surface area contributed by atoms with E-state index in [4.69, 9.17) is 9.73 Å². The topological polar surface area (TPSA) is 74.8 Å². The summed E-state index contributed by atoms with van der Waals surface area (Å²) in [5, 5.41) is 9.54. The lowest BCUT2D eigenvalue weighted by molar-refractivity contribution is -0.116. The number of anilines is 1. The minimum atomic E-state index is 0.0838. The number of benzene rings is 1. The lowest BCUT2D eigenvalue weighted by atomic mass is 10.0. The zero-order valence-electron chi connectivity index (χ0n) is 16.3. The van der Waals surface area contributed by atoms with Crippen LogP contribution >= 0.6 is 11.8 Å². The third kappa shape index (κ3) is 5.79. The molecule has 1 atom stereocenters. The van der Waals surface area contributed by atoms with Gasteiger partial charge in [0.05, 0.1) is 13.1 Å². The molecule has 0 aliphatic carbocycles. The number of carbonyl (C=O) groups excluding carboxylic acids is 1. The molecule has 27 heavy (non-hydrogen) atoms. The van der Waals surface area contributed by atoms with Gasteiger partial charge in [-0.3, -0.25) is 9.79 Å². The van der Waals surface area contributed by atoms with Crippen molar-refractivity contribution in [1.82, 2.24) is 10.6 Å². The van der Waals surface area contributed by atoms with Crippen LogP contribution in [0.1, 0.15) is 38.7 Å². The Kier molecular flexibility index (Phi) is 6.88. The van der Waals surface area contributed by atoms with Gasteiger partial charge in [0, 0.05) is 23.4 Å². The van der Waals surface area contributed by atoms with Crippen molar-refractivity contribution in [3.05, 3.63) is 23.8 Å². The number of hydrogen-bond donors (Lipinski definition) is 3. The molecule has 7 heteroatoms. The molecule has 0 spiro atoms. The number of carbonyl (C=O) groups is 1. The summed E-state index contributed by atoms with van der Waals surface area (Å²) in [5.41, 5.74) is 2.04. The van der Waals surface area contributed by atoms with Crippen molar-refractivity contribution in [3.63, 3.8) is 0 Å². The number of ether oxygens (including phenoxy) is 1. The first-order valence-electron chi connectivity index (χ1n) is 9.80. The van der Waals surface area contributed by atoms with Crippen LogP contribution in [0.25, 0.3) is 0 Å². The molecule has 3 N–H and O–H groups in total. The number of nitrogens with zero attached hydrogens (tertiary/aromatic N) is 1. The van der Waals surface area contributed by atoms with E-state index < -0.39 is 0 Å². The summed E-state index contributed by atoms with van der Waals surface area (Å²) in [6.45, 7) is 7.30. The maximum atomic E-state index is 11.4. The average Bonchev–Trinajstić information content (AvgIpc) is 3.10. The normalized spacial score (nSPS) is 22.1. The molecule has 0 aromatic heterocycles. The van der Waals surface area contributed by atoms with Gasteiger partial charge in [-0.05, 0) is 62.6 Å². The summed E-state index contributed by atoms with van der Waals surface area (Å²) in [6, 6.07) is 5.84. The van der Waals surface area contributed by atoms with Crippen LogP contribution in [-0.4, -0.2) is 48.6 Å². The van der Waals surface area contributed by atoms with Crippen LogP contribution in [0.2, 0.25) is 0 Å². The Morgan fingerprint density at radius 2 is 2.26 bits per heavy atom. The highest BCUT2D eigenvalue weighted by atomic mass is 32.2. The van der Waals surface area contributed by atoms with Gasteiger partial charge in [-0.2, -0.15) is 11.8 Å². The summed E-state index contributed by atoms with van der Waals surface area (Å²) in [6.07, 6.45) is 3.84. The number of hydrogen-bond acceptors (Lipinski definition) is 4. The molecule has 6 nitrogen and oxygen atoms in total. The van der Waals surface area contributed by atoms with Crippen LogP contribution in [0.15, 0.2) is 23.2 Å². The number of rotatable bonds is 7. The maximum absolute atomic E-state index is 11.4. The van der Waals surface area contributed by atoms with E-state index >= 15 is 0 Å². The van der Waals surface area contributed by atoms with Gasteiger partial charge in [-0.1, -0.05) is 0 Å². The van der Waals surface area contributed by atoms with Crippen molar-refractivity contribution >= 4 is 29.3 Å². The molecule has 2 aliphatic heterocycles. The van der Waals surface area contributed by atoms with Crippen molar-refractivity contribution in [2.24, 2.45) is 4.99 Å². The first-order chi connectivity index (χ1) is 13.1. The minimum absolute atomic E-state index is 0.0838. The smallest absolute Gasteiger partial charge is 0.224 e. The predicted molar refractivity (Wildman–Crippen MR) is 113 cm³/mol. The first kappa shape index (κ1) is 19.9. The van der Waals surface area contributed by atoms with E-state index in [0.29, 0.717) is 19.6 Å². The Morgan fingerprint density at radius 1 is 1.37 bits per heavy atom. The molecule has 2 heterocycles. The molecule has 1 saturated heterocycles. The molecule has 0 radical (unpaired) electrons. The fourth-order valence-corrected chi connectivity index (χ4v) is 4.56. The van der Waals surface area contributed by atoms with E-state index in [1.807, 2.05) is 30.0 Å². The number of fused-ring (bicyclic) bond motifs is 1. The number of thioether (sulfide) groups is 1. The number of aliphatic imine (C=N–C) groups is 1. The van der Waals surface area contributed by atoms with Gasteiger partial charge in [-0.15, -0.1) is 0 Å². The van der Waals surface area contributed by atoms with Crippen LogP contribution in [-0.2, 0) is 11.2 Å². The van der Waals surface area contributed by atoms with Crippen molar-refractivity contribution in [3.8, 4) is 5.75 Å². The van der Waals surface area contributed by atoms with Crippen molar-refractivity contribution in [2.75, 3.05) is 37.3 Å². The van der Waals surface area contributed by atoms with Gasteiger partial charge in [0.1, 0.15) is 12.4 Å². The Labute approximate surface area is 165 Å². The Hall–Kier alpha value is -1.89. The molecule has 1 unspecified atom stereocenters. The third-order valence-electron chi connectivity index (χ3n) is 4.85. The molecule has 1 aromatic rings. The molecule has 3 rings (SSSR count). The highest BCUT2D eigenvalue weighted by molar-refractivity contribution is 8.00. The SMILES string of the molecule is CCNC(=NCC1(C)CCCS1)NCCOc1ccc2c(c1)CCC(=O)N2. The monoisotopic (exact) mass is 390 g/mol. The summed E-state index contributed by atoms with van der Waals surface area (Å²) in [5.74, 6) is 3.01. The quantitative estimate of drug-likeness (QED) is 0.379. The maximum Gasteiger partial charge on any atom is 0.224 e. The Morgan fingerprint density at radius 3 is 3.04 bits per heavy atom. The van der Waals surface area contributed by atoms with E-state index in [1.54, 1.807) is 0 Å². The zero-order chi connectivity index (χ0) is 19.1.